The highest BCUT2D eigenvalue weighted by Gasteiger charge is 1.95. The number of anilines is 1. The van der Waals surface area contributed by atoms with E-state index in [2.05, 4.69) is 28.7 Å². The molecule has 1 aromatic heterocycles. The van der Waals surface area contributed by atoms with E-state index < -0.39 is 0 Å². The molecule has 0 spiro atoms. The van der Waals surface area contributed by atoms with Gasteiger partial charge in [-0.15, -0.1) is 11.3 Å². The molecule has 3 heteroatoms. The summed E-state index contributed by atoms with van der Waals surface area (Å²) in [4.78, 5) is 0. The molecule has 2 N–H and O–H groups in total. The van der Waals surface area contributed by atoms with Crippen LogP contribution in [-0.2, 0) is 0 Å². The van der Waals surface area contributed by atoms with Crippen molar-refractivity contribution in [1.29, 1.82) is 0 Å². The van der Waals surface area contributed by atoms with E-state index in [0.29, 0.717) is 0 Å². The van der Waals surface area contributed by atoms with E-state index in [-0.39, 0.29) is 0 Å². The summed E-state index contributed by atoms with van der Waals surface area (Å²) < 4.78 is 1.26. The average Bonchev–Trinajstić information content (AvgIpc) is 1.85. The third-order valence-electron chi connectivity index (χ3n) is 0.926. The SMILES string of the molecule is Cc1cc(I)sc1N. The van der Waals surface area contributed by atoms with Crippen molar-refractivity contribution in [3.8, 4) is 0 Å². The van der Waals surface area contributed by atoms with Gasteiger partial charge in [-0.2, -0.15) is 0 Å². The molecule has 0 aliphatic rings. The summed E-state index contributed by atoms with van der Waals surface area (Å²) in [6.07, 6.45) is 0. The van der Waals surface area contributed by atoms with Crippen LogP contribution in [0.1, 0.15) is 5.56 Å². The van der Waals surface area contributed by atoms with Crippen LogP contribution in [0.2, 0.25) is 0 Å². The smallest absolute Gasteiger partial charge is 0.0897 e. The molecule has 0 saturated carbocycles. The number of thiophene rings is 1. The number of hydrogen-bond donors (Lipinski definition) is 1. The number of halogens is 1. The number of nitrogens with two attached hydrogens (primary N) is 1. The topological polar surface area (TPSA) is 26.0 Å². The molecule has 0 atom stereocenters. The highest BCUT2D eigenvalue weighted by molar-refractivity contribution is 14.1. The standard InChI is InChI=1S/C5H6INS/c1-3-2-4(6)8-5(3)7/h2H,7H2,1H3. The summed E-state index contributed by atoms with van der Waals surface area (Å²) in [5, 5.41) is 0.939. The largest absolute Gasteiger partial charge is 0.390 e. The Balaban J connectivity index is 3.14. The normalized spacial score (nSPS) is 9.75. The Bertz CT molecular complexity index is 175. The van der Waals surface area contributed by atoms with Crippen LogP contribution in [0.3, 0.4) is 0 Å². The van der Waals surface area contributed by atoms with Crippen molar-refractivity contribution in [2.45, 2.75) is 6.92 Å². The van der Waals surface area contributed by atoms with Gasteiger partial charge in [0.05, 0.1) is 7.88 Å². The molecule has 1 rings (SSSR count). The van der Waals surface area contributed by atoms with Gasteiger partial charge in [0.1, 0.15) is 0 Å². The highest BCUT2D eigenvalue weighted by atomic mass is 127. The van der Waals surface area contributed by atoms with Gasteiger partial charge in [-0.3, -0.25) is 0 Å². The Labute approximate surface area is 66.0 Å². The molecule has 0 fully saturated rings. The Morgan fingerprint density at radius 3 is 2.50 bits per heavy atom. The fourth-order valence-corrected chi connectivity index (χ4v) is 2.30. The number of nitrogen functional groups attached to an aromatic ring is 1. The van der Waals surface area contributed by atoms with Crippen LogP contribution in [0.25, 0.3) is 0 Å². The average molecular weight is 239 g/mol. The third-order valence-corrected chi connectivity index (χ3v) is 2.75. The minimum Gasteiger partial charge on any atom is -0.390 e. The molecular formula is C5H6INS. The minimum absolute atomic E-state index is 0.939. The molecule has 0 unspecified atom stereocenters. The Kier molecular flexibility index (Phi) is 1.77. The fraction of sp³-hybridized carbons (Fsp3) is 0.200. The fourth-order valence-electron chi connectivity index (χ4n) is 0.456. The summed E-state index contributed by atoms with van der Waals surface area (Å²) in [5.41, 5.74) is 6.75. The Morgan fingerprint density at radius 2 is 2.38 bits per heavy atom. The first-order valence-corrected chi connectivity index (χ1v) is 4.11. The summed E-state index contributed by atoms with van der Waals surface area (Å²) in [7, 11) is 0. The molecule has 0 aromatic carbocycles. The first kappa shape index (κ1) is 6.35. The van der Waals surface area contributed by atoms with E-state index in [9.17, 15) is 0 Å². The van der Waals surface area contributed by atoms with Crippen LogP contribution in [0, 0.1) is 9.81 Å². The lowest BCUT2D eigenvalue weighted by atomic mass is 10.4. The molecule has 1 nitrogen and oxygen atoms in total. The van der Waals surface area contributed by atoms with E-state index in [0.717, 1.165) is 5.00 Å². The quantitative estimate of drug-likeness (QED) is 0.690. The lowest BCUT2D eigenvalue weighted by Gasteiger charge is -1.80. The molecular weight excluding hydrogens is 233 g/mol. The van der Waals surface area contributed by atoms with Crippen LogP contribution in [0.15, 0.2) is 6.07 Å². The molecule has 0 aliphatic heterocycles. The van der Waals surface area contributed by atoms with Crippen LogP contribution in [0.4, 0.5) is 5.00 Å². The van der Waals surface area contributed by atoms with Gasteiger partial charge in [0.25, 0.3) is 0 Å². The van der Waals surface area contributed by atoms with Crippen molar-refractivity contribution < 1.29 is 0 Å². The van der Waals surface area contributed by atoms with E-state index in [4.69, 9.17) is 5.73 Å². The molecule has 0 radical (unpaired) electrons. The lowest BCUT2D eigenvalue weighted by Crippen LogP contribution is -1.78. The zero-order chi connectivity index (χ0) is 6.15. The highest BCUT2D eigenvalue weighted by Crippen LogP contribution is 2.24. The zero-order valence-corrected chi connectivity index (χ0v) is 7.41. The van der Waals surface area contributed by atoms with E-state index >= 15 is 0 Å². The molecule has 0 amide bonds. The maximum absolute atomic E-state index is 5.55. The first-order valence-electron chi connectivity index (χ1n) is 2.21. The summed E-state index contributed by atoms with van der Waals surface area (Å²) in [6.45, 7) is 2.02. The van der Waals surface area contributed by atoms with Gasteiger partial charge in [0, 0.05) is 0 Å². The van der Waals surface area contributed by atoms with E-state index in [1.807, 2.05) is 6.92 Å². The minimum atomic E-state index is 0.939. The van der Waals surface area contributed by atoms with Gasteiger partial charge in [-0.1, -0.05) is 0 Å². The molecule has 0 bridgehead atoms. The zero-order valence-electron chi connectivity index (χ0n) is 4.44. The predicted octanol–water partition coefficient (Wildman–Crippen LogP) is 2.24. The van der Waals surface area contributed by atoms with Gasteiger partial charge in [0.15, 0.2) is 0 Å². The summed E-state index contributed by atoms with van der Waals surface area (Å²) in [6, 6.07) is 2.08. The van der Waals surface area contributed by atoms with Crippen molar-refractivity contribution >= 4 is 38.9 Å². The van der Waals surface area contributed by atoms with Gasteiger partial charge in [-0.05, 0) is 41.1 Å². The van der Waals surface area contributed by atoms with Crippen LogP contribution >= 0.6 is 33.9 Å². The van der Waals surface area contributed by atoms with Crippen molar-refractivity contribution in [2.24, 2.45) is 0 Å². The van der Waals surface area contributed by atoms with Crippen LogP contribution < -0.4 is 5.73 Å². The second-order valence-corrected chi connectivity index (χ2v) is 4.58. The van der Waals surface area contributed by atoms with Gasteiger partial charge in [0.2, 0.25) is 0 Å². The van der Waals surface area contributed by atoms with Gasteiger partial charge >= 0.3 is 0 Å². The van der Waals surface area contributed by atoms with Crippen molar-refractivity contribution in [3.63, 3.8) is 0 Å². The van der Waals surface area contributed by atoms with Crippen molar-refractivity contribution in [3.05, 3.63) is 14.5 Å². The predicted molar refractivity (Wildman–Crippen MR) is 46.2 cm³/mol. The van der Waals surface area contributed by atoms with Gasteiger partial charge < -0.3 is 5.73 Å². The number of aryl methyl sites for hydroxylation is 1. The maximum Gasteiger partial charge on any atom is 0.0897 e. The maximum atomic E-state index is 5.55. The molecule has 0 aliphatic carbocycles. The molecule has 1 heterocycles. The van der Waals surface area contributed by atoms with E-state index in [1.165, 1.54) is 8.45 Å². The van der Waals surface area contributed by atoms with Gasteiger partial charge in [-0.25, -0.2) is 0 Å². The third kappa shape index (κ3) is 1.14. The Morgan fingerprint density at radius 1 is 1.75 bits per heavy atom. The van der Waals surface area contributed by atoms with Crippen molar-refractivity contribution in [2.75, 3.05) is 5.73 Å². The summed E-state index contributed by atoms with van der Waals surface area (Å²) in [5.74, 6) is 0. The number of rotatable bonds is 0. The second kappa shape index (κ2) is 2.23. The molecule has 0 saturated heterocycles. The van der Waals surface area contributed by atoms with E-state index in [1.54, 1.807) is 11.3 Å². The van der Waals surface area contributed by atoms with Crippen molar-refractivity contribution in [1.82, 2.24) is 0 Å². The van der Waals surface area contributed by atoms with Crippen LogP contribution in [-0.4, -0.2) is 0 Å². The Hall–Kier alpha value is 0.230. The second-order valence-electron chi connectivity index (χ2n) is 1.60. The monoisotopic (exact) mass is 239 g/mol. The summed E-state index contributed by atoms with van der Waals surface area (Å²) >= 11 is 3.90. The first-order chi connectivity index (χ1) is 3.70. The molecule has 44 valence electrons. The molecule has 8 heavy (non-hydrogen) atoms. The lowest BCUT2D eigenvalue weighted by molar-refractivity contribution is 1.55. The molecule has 1 aromatic rings. The number of hydrogen-bond acceptors (Lipinski definition) is 2. The van der Waals surface area contributed by atoms with Crippen LogP contribution in [0.5, 0.6) is 0 Å².